The molecule has 200 valence electrons. The standard InChI is InChI=1S/C34H30N2O4/c1-21(2)25-13-9-23(10-14-25)19-39-35-29-17-18-30(36-40-20-24-11-15-26(16-12-24)22(3)4)32-31(29)33(37)27-7-5-6-8-28(27)34(32)38/h5-18,35-36H,1,3,19-20H2,2,4H3. The topological polar surface area (TPSA) is 76.7 Å². The van der Waals surface area contributed by atoms with Crippen LogP contribution in [0.3, 0.4) is 0 Å². The van der Waals surface area contributed by atoms with Crippen molar-refractivity contribution in [3.05, 3.63) is 143 Å². The zero-order valence-electron chi connectivity index (χ0n) is 22.5. The molecule has 0 amide bonds. The highest BCUT2D eigenvalue weighted by Crippen LogP contribution is 2.36. The predicted octanol–water partition coefficient (Wildman–Crippen LogP) is 7.62. The van der Waals surface area contributed by atoms with Crippen molar-refractivity contribution in [1.82, 2.24) is 0 Å². The van der Waals surface area contributed by atoms with Gasteiger partial charge >= 0.3 is 0 Å². The summed E-state index contributed by atoms with van der Waals surface area (Å²) in [6.45, 7) is 12.3. The van der Waals surface area contributed by atoms with Crippen molar-refractivity contribution in [2.75, 3.05) is 11.0 Å². The molecule has 0 spiro atoms. The Kier molecular flexibility index (Phi) is 7.73. The molecule has 6 nitrogen and oxygen atoms in total. The molecule has 2 N–H and O–H groups in total. The molecule has 0 fully saturated rings. The molecule has 0 aromatic heterocycles. The van der Waals surface area contributed by atoms with Crippen LogP contribution >= 0.6 is 0 Å². The number of carbonyl (C=O) groups is 2. The van der Waals surface area contributed by atoms with E-state index in [1.54, 1.807) is 36.4 Å². The number of rotatable bonds is 10. The van der Waals surface area contributed by atoms with E-state index in [1.165, 1.54) is 0 Å². The molecule has 4 aromatic rings. The molecule has 0 radical (unpaired) electrons. The van der Waals surface area contributed by atoms with Gasteiger partial charge in [0.1, 0.15) is 0 Å². The van der Waals surface area contributed by atoms with E-state index in [0.29, 0.717) is 22.5 Å². The Morgan fingerprint density at radius 3 is 1.32 bits per heavy atom. The average Bonchev–Trinajstić information content (AvgIpc) is 2.96. The predicted molar refractivity (Wildman–Crippen MR) is 159 cm³/mol. The quantitative estimate of drug-likeness (QED) is 0.181. The van der Waals surface area contributed by atoms with E-state index >= 15 is 0 Å². The van der Waals surface area contributed by atoms with E-state index in [-0.39, 0.29) is 35.9 Å². The van der Waals surface area contributed by atoms with Gasteiger partial charge in [-0.1, -0.05) is 97.1 Å². The van der Waals surface area contributed by atoms with Crippen LogP contribution in [-0.4, -0.2) is 11.6 Å². The highest BCUT2D eigenvalue weighted by molar-refractivity contribution is 6.31. The van der Waals surface area contributed by atoms with Crippen molar-refractivity contribution in [3.63, 3.8) is 0 Å². The Morgan fingerprint density at radius 1 is 0.600 bits per heavy atom. The van der Waals surface area contributed by atoms with Gasteiger partial charge in [0, 0.05) is 11.1 Å². The molecule has 1 aliphatic carbocycles. The number of fused-ring (bicyclic) bond motifs is 2. The van der Waals surface area contributed by atoms with Crippen LogP contribution in [0.2, 0.25) is 0 Å². The first kappa shape index (κ1) is 26.8. The fourth-order valence-corrected chi connectivity index (χ4v) is 4.56. The summed E-state index contributed by atoms with van der Waals surface area (Å²) in [7, 11) is 0. The van der Waals surface area contributed by atoms with Gasteiger partial charge in [-0.2, -0.15) is 0 Å². The number of hydrogen-bond donors (Lipinski definition) is 2. The lowest BCUT2D eigenvalue weighted by molar-refractivity contribution is 0.0977. The van der Waals surface area contributed by atoms with Crippen LogP contribution in [0.5, 0.6) is 0 Å². The van der Waals surface area contributed by atoms with E-state index in [1.807, 2.05) is 62.4 Å². The zero-order valence-corrected chi connectivity index (χ0v) is 22.5. The van der Waals surface area contributed by atoms with Gasteiger partial charge in [-0.15, -0.1) is 0 Å². The summed E-state index contributed by atoms with van der Waals surface area (Å²) in [5.74, 6) is -0.526. The Balaban J connectivity index is 1.37. The summed E-state index contributed by atoms with van der Waals surface area (Å²) in [4.78, 5) is 38.7. The number of anilines is 2. The van der Waals surface area contributed by atoms with Gasteiger partial charge in [0.15, 0.2) is 11.6 Å². The molecule has 4 aromatic carbocycles. The second kappa shape index (κ2) is 11.5. The van der Waals surface area contributed by atoms with E-state index in [9.17, 15) is 9.59 Å². The fraction of sp³-hybridized carbons (Fsp3) is 0.118. The minimum atomic E-state index is -0.263. The maximum atomic E-state index is 13.6. The highest BCUT2D eigenvalue weighted by atomic mass is 16.6. The Labute approximate surface area is 233 Å². The van der Waals surface area contributed by atoms with Gasteiger partial charge < -0.3 is 0 Å². The lowest BCUT2D eigenvalue weighted by Gasteiger charge is -2.23. The van der Waals surface area contributed by atoms with Crippen molar-refractivity contribution in [3.8, 4) is 0 Å². The SMILES string of the molecule is C=C(C)c1ccc(CONc2ccc(NOCc3ccc(C(=C)C)cc3)c3c2C(=O)c2ccccc2C3=O)cc1. The first-order valence-electron chi connectivity index (χ1n) is 12.9. The van der Waals surface area contributed by atoms with Gasteiger partial charge in [-0.05, 0) is 48.2 Å². The molecular formula is C34H30N2O4. The van der Waals surface area contributed by atoms with Crippen LogP contribution in [-0.2, 0) is 22.9 Å². The van der Waals surface area contributed by atoms with Crippen LogP contribution in [0.15, 0.2) is 98.1 Å². The number of ketones is 2. The number of hydrogen-bond acceptors (Lipinski definition) is 6. The number of allylic oxidation sites excluding steroid dienone is 2. The molecule has 6 heteroatoms. The molecule has 0 unspecified atom stereocenters. The zero-order chi connectivity index (χ0) is 28.2. The van der Waals surface area contributed by atoms with Crippen molar-refractivity contribution in [2.45, 2.75) is 27.1 Å². The molecule has 0 saturated carbocycles. The highest BCUT2D eigenvalue weighted by Gasteiger charge is 2.34. The van der Waals surface area contributed by atoms with Gasteiger partial charge in [-0.25, -0.2) is 0 Å². The van der Waals surface area contributed by atoms with Crippen molar-refractivity contribution in [2.24, 2.45) is 0 Å². The van der Waals surface area contributed by atoms with Gasteiger partial charge in [0.2, 0.25) is 0 Å². The van der Waals surface area contributed by atoms with Gasteiger partial charge in [-0.3, -0.25) is 30.2 Å². The average molecular weight is 531 g/mol. The van der Waals surface area contributed by atoms with Gasteiger partial charge in [0.25, 0.3) is 0 Å². The first-order valence-corrected chi connectivity index (χ1v) is 12.9. The summed E-state index contributed by atoms with van der Waals surface area (Å²) in [5.41, 5.74) is 13.8. The Morgan fingerprint density at radius 2 is 0.975 bits per heavy atom. The monoisotopic (exact) mass is 530 g/mol. The maximum absolute atomic E-state index is 13.6. The normalized spacial score (nSPS) is 11.9. The Hall–Kier alpha value is -4.78. The minimum absolute atomic E-state index is 0.237. The molecule has 0 atom stereocenters. The van der Waals surface area contributed by atoms with Crippen LogP contribution < -0.4 is 11.0 Å². The van der Waals surface area contributed by atoms with Crippen molar-refractivity contribution < 1.29 is 19.3 Å². The largest absolute Gasteiger partial charge is 0.288 e. The summed E-state index contributed by atoms with van der Waals surface area (Å²) in [6, 6.07) is 26.0. The van der Waals surface area contributed by atoms with E-state index < -0.39 is 0 Å². The molecule has 1 aliphatic rings. The van der Waals surface area contributed by atoms with Crippen LogP contribution in [0.25, 0.3) is 11.1 Å². The lowest BCUT2D eigenvalue weighted by Crippen LogP contribution is -2.24. The molecule has 0 aliphatic heterocycles. The van der Waals surface area contributed by atoms with Gasteiger partial charge in [0.05, 0.1) is 35.7 Å². The minimum Gasteiger partial charge on any atom is -0.288 e. The fourth-order valence-electron chi connectivity index (χ4n) is 4.56. The lowest BCUT2D eigenvalue weighted by atomic mass is 9.82. The number of carbonyl (C=O) groups excluding carboxylic acids is 2. The Bertz CT molecular complexity index is 1500. The summed E-state index contributed by atoms with van der Waals surface area (Å²) >= 11 is 0. The molecule has 0 heterocycles. The van der Waals surface area contributed by atoms with E-state index in [2.05, 4.69) is 24.1 Å². The van der Waals surface area contributed by atoms with Crippen molar-refractivity contribution in [1.29, 1.82) is 0 Å². The first-order chi connectivity index (χ1) is 19.3. The van der Waals surface area contributed by atoms with Crippen LogP contribution in [0, 0.1) is 0 Å². The molecule has 40 heavy (non-hydrogen) atoms. The molecule has 0 saturated heterocycles. The second-order valence-electron chi connectivity index (χ2n) is 9.85. The molecule has 0 bridgehead atoms. The second-order valence-corrected chi connectivity index (χ2v) is 9.85. The third kappa shape index (κ3) is 5.50. The molecular weight excluding hydrogens is 500 g/mol. The summed E-state index contributed by atoms with van der Waals surface area (Å²) < 4.78 is 0. The van der Waals surface area contributed by atoms with Crippen LogP contribution in [0.1, 0.15) is 67.9 Å². The molecule has 5 rings (SSSR count). The van der Waals surface area contributed by atoms with E-state index in [0.717, 1.165) is 33.4 Å². The van der Waals surface area contributed by atoms with Crippen LogP contribution in [0.4, 0.5) is 11.4 Å². The summed E-state index contributed by atoms with van der Waals surface area (Å²) in [6.07, 6.45) is 0. The third-order valence-corrected chi connectivity index (χ3v) is 6.81. The van der Waals surface area contributed by atoms with E-state index in [4.69, 9.17) is 9.68 Å². The number of nitrogens with one attached hydrogen (secondary N) is 2. The van der Waals surface area contributed by atoms with Crippen molar-refractivity contribution >= 4 is 34.1 Å². The summed E-state index contributed by atoms with van der Waals surface area (Å²) in [5, 5.41) is 0. The smallest absolute Gasteiger partial charge is 0.196 e. The maximum Gasteiger partial charge on any atom is 0.196 e. The third-order valence-electron chi connectivity index (χ3n) is 6.81. The number of benzene rings is 4.